The summed E-state index contributed by atoms with van der Waals surface area (Å²) < 4.78 is 32.0. The number of rotatable bonds is 6. The van der Waals surface area contributed by atoms with Gasteiger partial charge in [-0.3, -0.25) is 9.52 Å². The van der Waals surface area contributed by atoms with E-state index in [0.29, 0.717) is 10.9 Å². The third-order valence-corrected chi connectivity index (χ3v) is 4.98. The minimum Gasteiger partial charge on any atom is -0.484 e. The summed E-state index contributed by atoms with van der Waals surface area (Å²) in [6, 6.07) is 5.79. The number of likely N-dealkylation sites (N-methyl/N-ethyl adjacent to an activating group) is 1. The Bertz CT molecular complexity index is 754. The van der Waals surface area contributed by atoms with Crippen LogP contribution >= 0.6 is 11.3 Å². The molecule has 2 N–H and O–H groups in total. The van der Waals surface area contributed by atoms with Crippen LogP contribution in [-0.2, 0) is 14.8 Å². The van der Waals surface area contributed by atoms with E-state index in [4.69, 9.17) is 4.74 Å². The highest BCUT2D eigenvalue weighted by molar-refractivity contribution is 7.93. The van der Waals surface area contributed by atoms with Gasteiger partial charge in [0.25, 0.3) is 15.9 Å². The first-order chi connectivity index (χ1) is 10.4. The molecular weight excluding hydrogens is 326 g/mol. The van der Waals surface area contributed by atoms with Crippen molar-refractivity contribution in [3.05, 3.63) is 35.3 Å². The molecule has 2 rings (SSSR count). The van der Waals surface area contributed by atoms with Crippen LogP contribution in [0.2, 0.25) is 0 Å². The second-order valence-electron chi connectivity index (χ2n) is 4.33. The van der Waals surface area contributed by atoms with Gasteiger partial charge in [-0.2, -0.15) is 0 Å². The number of carbonyl (C=O) groups excluding carboxylic acids is 1. The van der Waals surface area contributed by atoms with E-state index in [2.05, 4.69) is 15.0 Å². The lowest BCUT2D eigenvalue weighted by Crippen LogP contribution is -2.24. The third-order valence-electron chi connectivity index (χ3n) is 2.62. The summed E-state index contributed by atoms with van der Waals surface area (Å²) in [7, 11) is -2.18. The van der Waals surface area contributed by atoms with Crippen LogP contribution < -0.4 is 14.8 Å². The first-order valence-corrected chi connectivity index (χ1v) is 8.65. The largest absolute Gasteiger partial charge is 0.484 e. The van der Waals surface area contributed by atoms with Crippen molar-refractivity contribution in [1.82, 2.24) is 10.3 Å². The number of nitrogens with zero attached hydrogens (tertiary/aromatic N) is 1. The fraction of sp³-hybridized carbons (Fsp3) is 0.231. The number of ether oxygens (including phenoxy) is 1. The lowest BCUT2D eigenvalue weighted by atomic mass is 10.3. The van der Waals surface area contributed by atoms with E-state index in [0.717, 1.165) is 5.69 Å². The average Bonchev–Trinajstić information content (AvgIpc) is 2.89. The normalized spacial score (nSPS) is 11.0. The molecule has 0 atom stereocenters. The van der Waals surface area contributed by atoms with E-state index in [-0.39, 0.29) is 17.4 Å². The predicted octanol–water partition coefficient (Wildman–Crippen LogP) is 1.38. The minimum atomic E-state index is -3.69. The van der Waals surface area contributed by atoms with Crippen molar-refractivity contribution in [2.75, 3.05) is 18.4 Å². The Kier molecular flexibility index (Phi) is 4.99. The molecule has 1 amide bonds. The zero-order chi connectivity index (χ0) is 16.2. The van der Waals surface area contributed by atoms with Crippen LogP contribution in [0.4, 0.5) is 5.13 Å². The van der Waals surface area contributed by atoms with Crippen molar-refractivity contribution < 1.29 is 17.9 Å². The Morgan fingerprint density at radius 2 is 2.00 bits per heavy atom. The Morgan fingerprint density at radius 3 is 2.55 bits per heavy atom. The molecule has 0 spiro atoms. The van der Waals surface area contributed by atoms with Gasteiger partial charge in [-0.05, 0) is 31.2 Å². The molecule has 1 heterocycles. The summed E-state index contributed by atoms with van der Waals surface area (Å²) in [4.78, 5) is 15.2. The van der Waals surface area contributed by atoms with Crippen LogP contribution in [-0.4, -0.2) is 33.0 Å². The predicted molar refractivity (Wildman–Crippen MR) is 83.7 cm³/mol. The monoisotopic (exact) mass is 341 g/mol. The van der Waals surface area contributed by atoms with Gasteiger partial charge < -0.3 is 10.1 Å². The molecule has 0 saturated carbocycles. The van der Waals surface area contributed by atoms with Gasteiger partial charge in [-0.15, -0.1) is 11.3 Å². The molecule has 1 aromatic carbocycles. The number of sulfonamides is 1. The zero-order valence-corrected chi connectivity index (χ0v) is 13.6. The van der Waals surface area contributed by atoms with Crippen molar-refractivity contribution in [1.29, 1.82) is 0 Å². The summed E-state index contributed by atoms with van der Waals surface area (Å²) in [6.07, 6.45) is 0. The number of hydrogen-bond acceptors (Lipinski definition) is 6. The minimum absolute atomic E-state index is 0.0904. The lowest BCUT2D eigenvalue weighted by Gasteiger charge is -2.07. The highest BCUT2D eigenvalue weighted by Gasteiger charge is 2.16. The molecule has 0 aliphatic carbocycles. The number of aromatic nitrogens is 1. The molecule has 0 aliphatic heterocycles. The van der Waals surface area contributed by atoms with Crippen LogP contribution in [0.25, 0.3) is 0 Å². The maximum atomic E-state index is 12.2. The second-order valence-corrected chi connectivity index (χ2v) is 6.87. The van der Waals surface area contributed by atoms with Gasteiger partial charge >= 0.3 is 0 Å². The Hall–Kier alpha value is -2.13. The van der Waals surface area contributed by atoms with E-state index >= 15 is 0 Å². The van der Waals surface area contributed by atoms with Crippen molar-refractivity contribution >= 4 is 32.4 Å². The van der Waals surface area contributed by atoms with E-state index in [1.807, 2.05) is 0 Å². The number of carbonyl (C=O) groups is 1. The van der Waals surface area contributed by atoms with Gasteiger partial charge in [0.1, 0.15) is 5.75 Å². The molecule has 7 nitrogen and oxygen atoms in total. The van der Waals surface area contributed by atoms with Crippen molar-refractivity contribution in [3.63, 3.8) is 0 Å². The van der Waals surface area contributed by atoms with Gasteiger partial charge in [0.05, 0.1) is 10.6 Å². The highest BCUT2D eigenvalue weighted by atomic mass is 32.2. The smallest absolute Gasteiger partial charge is 0.263 e. The summed E-state index contributed by atoms with van der Waals surface area (Å²) in [6.45, 7) is 1.66. The van der Waals surface area contributed by atoms with Crippen LogP contribution in [0, 0.1) is 6.92 Å². The molecule has 118 valence electrons. The number of thiazole rings is 1. The SMILES string of the molecule is CNC(=O)COc1ccc(S(=O)(=O)Nc2nc(C)cs2)cc1. The fourth-order valence-electron chi connectivity index (χ4n) is 1.51. The molecule has 22 heavy (non-hydrogen) atoms. The quantitative estimate of drug-likeness (QED) is 0.827. The average molecular weight is 341 g/mol. The molecule has 0 unspecified atom stereocenters. The van der Waals surface area contributed by atoms with Gasteiger partial charge in [0.15, 0.2) is 11.7 Å². The molecule has 0 radical (unpaired) electrons. The molecule has 9 heteroatoms. The third kappa shape index (κ3) is 4.18. The van der Waals surface area contributed by atoms with E-state index in [1.165, 1.54) is 42.6 Å². The number of aryl methyl sites for hydroxylation is 1. The zero-order valence-electron chi connectivity index (χ0n) is 12.0. The Morgan fingerprint density at radius 1 is 1.32 bits per heavy atom. The Balaban J connectivity index is 2.07. The molecular formula is C13H15N3O4S2. The second kappa shape index (κ2) is 6.75. The number of hydrogen-bond donors (Lipinski definition) is 2. The maximum absolute atomic E-state index is 12.2. The van der Waals surface area contributed by atoms with Gasteiger partial charge in [0.2, 0.25) is 0 Å². The molecule has 2 aromatic rings. The molecule has 1 aromatic heterocycles. The summed E-state index contributed by atoms with van der Waals surface area (Å²) in [5.41, 5.74) is 0.751. The van der Waals surface area contributed by atoms with Gasteiger partial charge in [-0.25, -0.2) is 13.4 Å². The number of benzene rings is 1. The lowest BCUT2D eigenvalue weighted by molar-refractivity contribution is -0.122. The van der Waals surface area contributed by atoms with Crippen molar-refractivity contribution in [3.8, 4) is 5.75 Å². The van der Waals surface area contributed by atoms with E-state index in [9.17, 15) is 13.2 Å². The molecule has 0 aliphatic rings. The maximum Gasteiger partial charge on any atom is 0.263 e. The summed E-state index contributed by atoms with van der Waals surface area (Å²) in [5.74, 6) is 0.144. The van der Waals surface area contributed by atoms with E-state index < -0.39 is 10.0 Å². The fourth-order valence-corrected chi connectivity index (χ4v) is 3.45. The first kappa shape index (κ1) is 16.2. The molecule has 0 saturated heterocycles. The van der Waals surface area contributed by atoms with Crippen LogP contribution in [0.5, 0.6) is 5.75 Å². The van der Waals surface area contributed by atoms with Crippen LogP contribution in [0.3, 0.4) is 0 Å². The molecule has 0 fully saturated rings. The van der Waals surface area contributed by atoms with Crippen molar-refractivity contribution in [2.45, 2.75) is 11.8 Å². The number of amides is 1. The topological polar surface area (TPSA) is 97.4 Å². The van der Waals surface area contributed by atoms with Gasteiger partial charge in [-0.1, -0.05) is 0 Å². The Labute approximate surface area is 132 Å². The standard InChI is InChI=1S/C13H15N3O4S2/c1-9-8-21-13(15-9)16-22(18,19)11-5-3-10(4-6-11)20-7-12(17)14-2/h3-6,8H,7H2,1-2H3,(H,14,17)(H,15,16). The molecule has 0 bridgehead atoms. The number of nitrogens with one attached hydrogen (secondary N) is 2. The number of anilines is 1. The van der Waals surface area contributed by atoms with Crippen LogP contribution in [0.1, 0.15) is 5.69 Å². The van der Waals surface area contributed by atoms with E-state index in [1.54, 1.807) is 12.3 Å². The highest BCUT2D eigenvalue weighted by Crippen LogP contribution is 2.21. The summed E-state index contributed by atoms with van der Waals surface area (Å²) in [5, 5.41) is 4.50. The first-order valence-electron chi connectivity index (χ1n) is 6.29. The van der Waals surface area contributed by atoms with Gasteiger partial charge in [0, 0.05) is 12.4 Å². The van der Waals surface area contributed by atoms with Crippen LogP contribution in [0.15, 0.2) is 34.5 Å². The van der Waals surface area contributed by atoms with Crippen molar-refractivity contribution in [2.24, 2.45) is 0 Å². The summed E-state index contributed by atoms with van der Waals surface area (Å²) >= 11 is 1.22.